The van der Waals surface area contributed by atoms with Crippen molar-refractivity contribution in [1.29, 1.82) is 5.26 Å². The Morgan fingerprint density at radius 1 is 0.839 bits per heavy atom. The predicted octanol–water partition coefficient (Wildman–Crippen LogP) is 4.42. The molecule has 0 bridgehead atoms. The topological polar surface area (TPSA) is 56.6 Å². The number of nitriles is 1. The first-order valence-corrected chi connectivity index (χ1v) is 10.5. The Morgan fingerprint density at radius 3 is 2.19 bits per heavy atom. The van der Waals surface area contributed by atoms with Crippen LogP contribution in [-0.2, 0) is 4.79 Å². The first kappa shape index (κ1) is 20.5. The summed E-state index contributed by atoms with van der Waals surface area (Å²) in [5.41, 5.74) is 2.58. The van der Waals surface area contributed by atoms with Gasteiger partial charge >= 0.3 is 0 Å². The highest BCUT2D eigenvalue weighted by Gasteiger charge is 2.29. The number of para-hydroxylation sites is 1. The van der Waals surface area contributed by atoms with Crippen LogP contribution in [0.1, 0.15) is 23.7 Å². The van der Waals surface area contributed by atoms with Gasteiger partial charge in [0.1, 0.15) is 5.75 Å². The Balaban J connectivity index is 1.49. The van der Waals surface area contributed by atoms with Crippen molar-refractivity contribution in [3.05, 3.63) is 96.1 Å². The highest BCUT2D eigenvalue weighted by atomic mass is 16.5. The van der Waals surface area contributed by atoms with Crippen molar-refractivity contribution in [2.75, 3.05) is 31.1 Å². The summed E-state index contributed by atoms with van der Waals surface area (Å²) in [6.07, 6.45) is 0.198. The second kappa shape index (κ2) is 9.82. The molecule has 1 saturated heterocycles. The molecule has 1 heterocycles. The van der Waals surface area contributed by atoms with Crippen molar-refractivity contribution < 1.29 is 9.53 Å². The lowest BCUT2D eigenvalue weighted by atomic mass is 10.1. The van der Waals surface area contributed by atoms with E-state index < -0.39 is 6.10 Å². The van der Waals surface area contributed by atoms with Gasteiger partial charge in [-0.2, -0.15) is 5.26 Å². The van der Waals surface area contributed by atoms with E-state index in [0.29, 0.717) is 24.4 Å². The molecule has 1 unspecified atom stereocenters. The molecule has 0 spiro atoms. The average Bonchev–Trinajstić information content (AvgIpc) is 3.10. The third-order valence-electron chi connectivity index (χ3n) is 5.49. The van der Waals surface area contributed by atoms with Gasteiger partial charge in [-0.05, 0) is 42.8 Å². The number of rotatable bonds is 5. The van der Waals surface area contributed by atoms with Gasteiger partial charge in [0.25, 0.3) is 5.91 Å². The molecule has 156 valence electrons. The van der Waals surface area contributed by atoms with E-state index >= 15 is 0 Å². The molecule has 3 aromatic rings. The van der Waals surface area contributed by atoms with Crippen LogP contribution in [0, 0.1) is 11.3 Å². The molecule has 1 amide bonds. The Hall–Kier alpha value is -3.78. The molecule has 5 heteroatoms. The van der Waals surface area contributed by atoms with E-state index in [1.807, 2.05) is 89.8 Å². The van der Waals surface area contributed by atoms with Gasteiger partial charge in [-0.1, -0.05) is 48.5 Å². The number of ether oxygens (including phenoxy) is 1. The molecule has 0 aromatic heterocycles. The number of carbonyl (C=O) groups is 1. The van der Waals surface area contributed by atoms with Crippen LogP contribution in [0.25, 0.3) is 0 Å². The van der Waals surface area contributed by atoms with Gasteiger partial charge in [-0.15, -0.1) is 0 Å². The van der Waals surface area contributed by atoms with Crippen molar-refractivity contribution in [2.24, 2.45) is 0 Å². The van der Waals surface area contributed by atoms with Crippen molar-refractivity contribution in [3.8, 4) is 11.8 Å². The molecule has 0 aliphatic carbocycles. The Morgan fingerprint density at radius 2 is 1.52 bits per heavy atom. The van der Waals surface area contributed by atoms with Gasteiger partial charge in [0.15, 0.2) is 0 Å². The molecule has 1 atom stereocenters. The van der Waals surface area contributed by atoms with E-state index in [1.54, 1.807) is 0 Å². The molecular weight excluding hydrogens is 386 g/mol. The van der Waals surface area contributed by atoms with Gasteiger partial charge in [-0.3, -0.25) is 4.79 Å². The summed E-state index contributed by atoms with van der Waals surface area (Å²) in [5.74, 6) is 0.662. The molecule has 3 aromatic carbocycles. The zero-order valence-corrected chi connectivity index (χ0v) is 17.4. The second-order valence-electron chi connectivity index (χ2n) is 7.55. The van der Waals surface area contributed by atoms with Crippen LogP contribution in [0.15, 0.2) is 84.9 Å². The number of hydrogen-bond acceptors (Lipinski definition) is 4. The first-order chi connectivity index (χ1) is 15.2. The zero-order chi connectivity index (χ0) is 21.5. The maximum Gasteiger partial charge on any atom is 0.268 e. The molecular formula is C26H25N3O2. The lowest BCUT2D eigenvalue weighted by molar-refractivity contribution is -0.138. The third kappa shape index (κ3) is 5.04. The van der Waals surface area contributed by atoms with Crippen LogP contribution in [-0.4, -0.2) is 37.0 Å². The SMILES string of the molecule is N#Cc1ccc(N2CCCN(C(=O)C(Oc3ccccc3)c3ccccc3)CC2)cc1. The highest BCUT2D eigenvalue weighted by molar-refractivity contribution is 5.83. The molecule has 0 N–H and O–H groups in total. The summed E-state index contributed by atoms with van der Waals surface area (Å²) < 4.78 is 6.16. The fraction of sp³-hybridized carbons (Fsp3) is 0.231. The highest BCUT2D eigenvalue weighted by Crippen LogP contribution is 2.25. The molecule has 4 rings (SSSR count). The third-order valence-corrected chi connectivity index (χ3v) is 5.49. The largest absolute Gasteiger partial charge is 0.476 e. The minimum Gasteiger partial charge on any atom is -0.476 e. The summed E-state index contributed by atoms with van der Waals surface area (Å²) in [7, 11) is 0. The van der Waals surface area contributed by atoms with E-state index in [9.17, 15) is 4.79 Å². The van der Waals surface area contributed by atoms with Crippen molar-refractivity contribution >= 4 is 11.6 Å². The van der Waals surface area contributed by atoms with Crippen LogP contribution in [0.5, 0.6) is 5.75 Å². The molecule has 31 heavy (non-hydrogen) atoms. The van der Waals surface area contributed by atoms with Crippen LogP contribution >= 0.6 is 0 Å². The van der Waals surface area contributed by atoms with Gasteiger partial charge in [-0.25, -0.2) is 0 Å². The second-order valence-corrected chi connectivity index (χ2v) is 7.55. The van der Waals surface area contributed by atoms with Crippen LogP contribution in [0.3, 0.4) is 0 Å². The fourth-order valence-electron chi connectivity index (χ4n) is 3.83. The fourth-order valence-corrected chi connectivity index (χ4v) is 3.83. The lowest BCUT2D eigenvalue weighted by Gasteiger charge is -2.27. The Kier molecular flexibility index (Phi) is 6.49. The summed E-state index contributed by atoms with van der Waals surface area (Å²) in [4.78, 5) is 17.7. The summed E-state index contributed by atoms with van der Waals surface area (Å²) in [5, 5.41) is 9.01. The quantitative estimate of drug-likeness (QED) is 0.624. The van der Waals surface area contributed by atoms with Gasteiger partial charge in [0.2, 0.25) is 6.10 Å². The monoisotopic (exact) mass is 411 g/mol. The molecule has 1 aliphatic rings. The van der Waals surface area contributed by atoms with E-state index in [2.05, 4.69) is 11.0 Å². The Bertz CT molecular complexity index is 1030. The number of amides is 1. The van der Waals surface area contributed by atoms with Crippen LogP contribution < -0.4 is 9.64 Å². The van der Waals surface area contributed by atoms with Gasteiger partial charge in [0, 0.05) is 37.4 Å². The maximum atomic E-state index is 13.5. The molecule has 0 saturated carbocycles. The van der Waals surface area contributed by atoms with E-state index in [-0.39, 0.29) is 5.91 Å². The number of benzene rings is 3. The van der Waals surface area contributed by atoms with Crippen molar-refractivity contribution in [2.45, 2.75) is 12.5 Å². The van der Waals surface area contributed by atoms with E-state index in [0.717, 1.165) is 30.8 Å². The zero-order valence-electron chi connectivity index (χ0n) is 17.4. The number of carbonyl (C=O) groups excluding carboxylic acids is 1. The molecule has 1 aliphatic heterocycles. The summed E-state index contributed by atoms with van der Waals surface area (Å²) in [6, 6.07) is 28.9. The Labute approximate surface area is 183 Å². The molecule has 5 nitrogen and oxygen atoms in total. The smallest absolute Gasteiger partial charge is 0.268 e. The van der Waals surface area contributed by atoms with Crippen molar-refractivity contribution in [1.82, 2.24) is 4.90 Å². The minimum absolute atomic E-state index is 0.0169. The van der Waals surface area contributed by atoms with E-state index in [1.165, 1.54) is 0 Å². The van der Waals surface area contributed by atoms with Gasteiger partial charge in [0.05, 0.1) is 11.6 Å². The summed E-state index contributed by atoms with van der Waals surface area (Å²) >= 11 is 0. The maximum absolute atomic E-state index is 13.5. The van der Waals surface area contributed by atoms with Crippen molar-refractivity contribution in [3.63, 3.8) is 0 Å². The standard InChI is InChI=1S/C26H25N3O2/c27-20-21-12-14-23(15-13-21)28-16-7-17-29(19-18-28)26(30)25(22-8-3-1-4-9-22)31-24-10-5-2-6-11-24/h1-6,8-15,25H,7,16-19H2. The lowest BCUT2D eigenvalue weighted by Crippen LogP contribution is -2.39. The summed E-state index contributed by atoms with van der Waals surface area (Å²) in [6.45, 7) is 2.92. The van der Waals surface area contributed by atoms with Gasteiger partial charge < -0.3 is 14.5 Å². The van der Waals surface area contributed by atoms with Crippen LogP contribution in [0.2, 0.25) is 0 Å². The van der Waals surface area contributed by atoms with E-state index in [4.69, 9.17) is 10.00 Å². The number of anilines is 1. The molecule has 1 fully saturated rings. The predicted molar refractivity (Wildman–Crippen MR) is 121 cm³/mol. The van der Waals surface area contributed by atoms with Crippen LogP contribution in [0.4, 0.5) is 5.69 Å². The number of nitrogens with zero attached hydrogens (tertiary/aromatic N) is 3. The number of hydrogen-bond donors (Lipinski definition) is 0. The average molecular weight is 412 g/mol. The normalized spacial score (nSPS) is 14.9. The molecule has 0 radical (unpaired) electrons. The first-order valence-electron chi connectivity index (χ1n) is 10.5. The minimum atomic E-state index is -0.676.